The summed E-state index contributed by atoms with van der Waals surface area (Å²) in [5, 5.41) is 2.64. The number of nitrogens with one attached hydrogen (secondary N) is 1. The number of hydrogen-bond acceptors (Lipinski definition) is 5. The van der Waals surface area contributed by atoms with Crippen LogP contribution in [0.1, 0.15) is 32.1 Å². The molecular formula is C19H27N3O4S. The predicted octanol–water partition coefficient (Wildman–Crippen LogP) is 1.67. The van der Waals surface area contributed by atoms with Crippen molar-refractivity contribution >= 4 is 21.6 Å². The highest BCUT2D eigenvalue weighted by molar-refractivity contribution is 7.89. The van der Waals surface area contributed by atoms with E-state index in [2.05, 4.69) is 5.32 Å². The van der Waals surface area contributed by atoms with Crippen molar-refractivity contribution in [1.29, 1.82) is 0 Å². The summed E-state index contributed by atoms with van der Waals surface area (Å²) in [5.41, 5.74) is 0.661. The first-order valence-corrected chi connectivity index (χ1v) is 11.3. The number of amides is 1. The van der Waals surface area contributed by atoms with E-state index in [1.54, 1.807) is 4.31 Å². The topological polar surface area (TPSA) is 79.0 Å². The van der Waals surface area contributed by atoms with Gasteiger partial charge in [0, 0.05) is 19.6 Å². The van der Waals surface area contributed by atoms with Crippen LogP contribution in [-0.4, -0.2) is 67.6 Å². The smallest absolute Gasteiger partial charge is 0.238 e. The summed E-state index contributed by atoms with van der Waals surface area (Å²) in [7, 11) is -3.29. The van der Waals surface area contributed by atoms with E-state index in [-0.39, 0.29) is 23.7 Å². The summed E-state index contributed by atoms with van der Waals surface area (Å²) < 4.78 is 33.8. The van der Waals surface area contributed by atoms with Crippen LogP contribution in [-0.2, 0) is 14.8 Å². The van der Waals surface area contributed by atoms with Crippen LogP contribution in [0.2, 0.25) is 0 Å². The van der Waals surface area contributed by atoms with Crippen LogP contribution < -0.4 is 10.1 Å². The van der Waals surface area contributed by atoms with Crippen LogP contribution in [0.25, 0.3) is 0 Å². The average molecular weight is 394 g/mol. The number of carbonyl (C=O) groups excluding carboxylic acids is 1. The minimum absolute atomic E-state index is 0.0958. The van der Waals surface area contributed by atoms with Crippen molar-refractivity contribution in [3.8, 4) is 5.75 Å². The summed E-state index contributed by atoms with van der Waals surface area (Å²) in [6.07, 6.45) is 4.64. The second-order valence-corrected chi connectivity index (χ2v) is 9.86. The second kappa shape index (κ2) is 7.77. The Kier molecular flexibility index (Phi) is 5.39. The van der Waals surface area contributed by atoms with Gasteiger partial charge in [-0.1, -0.05) is 31.4 Å². The van der Waals surface area contributed by atoms with Crippen LogP contribution >= 0.6 is 0 Å². The first-order chi connectivity index (χ1) is 13.0. The quantitative estimate of drug-likeness (QED) is 0.827. The molecule has 8 heteroatoms. The molecule has 148 valence electrons. The lowest BCUT2D eigenvalue weighted by Crippen LogP contribution is -2.59. The minimum Gasteiger partial charge on any atom is -0.490 e. The van der Waals surface area contributed by atoms with Crippen molar-refractivity contribution in [2.24, 2.45) is 0 Å². The molecule has 2 fully saturated rings. The molecule has 1 aromatic rings. The molecule has 0 aromatic heterocycles. The number of benzene rings is 1. The second-order valence-electron chi connectivity index (χ2n) is 7.64. The van der Waals surface area contributed by atoms with E-state index in [1.807, 2.05) is 29.2 Å². The van der Waals surface area contributed by atoms with Crippen molar-refractivity contribution in [2.75, 3.05) is 38.1 Å². The standard InChI is InChI=1S/C19H27N3O4S/c23-19-13-21-10-11-22(27(24,25)16-6-2-1-3-7-16)12-15(21)14-26-18-9-5-4-8-17(18)20-19/h4-5,8-9,15-16H,1-3,6-7,10-14H2,(H,20,23)/t15-/m1/s1. The molecule has 0 bridgehead atoms. The van der Waals surface area contributed by atoms with Crippen molar-refractivity contribution in [3.63, 3.8) is 0 Å². The third kappa shape index (κ3) is 3.97. The van der Waals surface area contributed by atoms with E-state index >= 15 is 0 Å². The van der Waals surface area contributed by atoms with Gasteiger partial charge >= 0.3 is 0 Å². The SMILES string of the molecule is O=C1CN2CCN(S(=O)(=O)C3CCCCC3)C[C@@H]2COc2ccccc2N1. The number of para-hydroxylation sites is 2. The van der Waals surface area contributed by atoms with E-state index in [1.165, 1.54) is 0 Å². The van der Waals surface area contributed by atoms with Crippen molar-refractivity contribution in [2.45, 2.75) is 43.4 Å². The zero-order valence-electron chi connectivity index (χ0n) is 15.5. The van der Waals surface area contributed by atoms with Gasteiger partial charge in [0.25, 0.3) is 0 Å². The van der Waals surface area contributed by atoms with Gasteiger partial charge in [-0.2, -0.15) is 4.31 Å². The highest BCUT2D eigenvalue weighted by Crippen LogP contribution is 2.29. The average Bonchev–Trinajstić information content (AvgIpc) is 2.75. The molecule has 1 N–H and O–H groups in total. The maximum atomic E-state index is 13.1. The summed E-state index contributed by atoms with van der Waals surface area (Å²) >= 11 is 0. The monoisotopic (exact) mass is 393 g/mol. The molecule has 1 amide bonds. The van der Waals surface area contributed by atoms with Gasteiger partial charge in [-0.3, -0.25) is 9.69 Å². The Morgan fingerprint density at radius 3 is 2.67 bits per heavy atom. The normalized spacial score (nSPS) is 25.9. The maximum absolute atomic E-state index is 13.1. The Labute approximate surface area is 160 Å². The molecule has 7 nitrogen and oxygen atoms in total. The van der Waals surface area contributed by atoms with Gasteiger partial charge in [0.15, 0.2) is 0 Å². The summed E-state index contributed by atoms with van der Waals surface area (Å²) in [4.78, 5) is 14.4. The molecule has 0 spiro atoms. The summed E-state index contributed by atoms with van der Waals surface area (Å²) in [6, 6.07) is 7.23. The molecule has 2 aliphatic heterocycles. The number of nitrogens with zero attached hydrogens (tertiary/aromatic N) is 2. The zero-order valence-corrected chi connectivity index (χ0v) is 16.3. The first kappa shape index (κ1) is 18.7. The van der Waals surface area contributed by atoms with E-state index < -0.39 is 10.0 Å². The Morgan fingerprint density at radius 1 is 1.07 bits per heavy atom. The molecule has 2 heterocycles. The van der Waals surface area contributed by atoms with Gasteiger partial charge < -0.3 is 10.1 Å². The number of piperazine rings is 1. The lowest BCUT2D eigenvalue weighted by atomic mass is 10.0. The maximum Gasteiger partial charge on any atom is 0.238 e. The lowest BCUT2D eigenvalue weighted by Gasteiger charge is -2.41. The molecule has 4 rings (SSSR count). The molecule has 0 radical (unpaired) electrons. The Morgan fingerprint density at radius 2 is 1.85 bits per heavy atom. The summed E-state index contributed by atoms with van der Waals surface area (Å²) in [5.74, 6) is 0.529. The lowest BCUT2D eigenvalue weighted by molar-refractivity contribution is -0.118. The molecule has 0 unspecified atom stereocenters. The Bertz CT molecular complexity index is 792. The van der Waals surface area contributed by atoms with E-state index in [9.17, 15) is 13.2 Å². The zero-order chi connectivity index (χ0) is 18.9. The van der Waals surface area contributed by atoms with Gasteiger partial charge in [-0.25, -0.2) is 8.42 Å². The van der Waals surface area contributed by atoms with Gasteiger partial charge in [-0.15, -0.1) is 0 Å². The molecule has 1 saturated carbocycles. The minimum atomic E-state index is -3.29. The number of carbonyl (C=O) groups is 1. The fourth-order valence-corrected chi connectivity index (χ4v) is 6.36. The highest BCUT2D eigenvalue weighted by Gasteiger charge is 2.39. The van der Waals surface area contributed by atoms with E-state index in [4.69, 9.17) is 4.74 Å². The molecular weight excluding hydrogens is 366 g/mol. The Hall–Kier alpha value is -1.64. The molecule has 1 atom stereocenters. The van der Waals surface area contributed by atoms with Gasteiger partial charge in [0.05, 0.1) is 23.5 Å². The van der Waals surface area contributed by atoms with Crippen LogP contribution in [0.4, 0.5) is 5.69 Å². The van der Waals surface area contributed by atoms with Crippen LogP contribution in [0, 0.1) is 0 Å². The van der Waals surface area contributed by atoms with Crippen LogP contribution in [0.5, 0.6) is 5.75 Å². The third-order valence-corrected chi connectivity index (χ3v) is 8.21. The molecule has 3 aliphatic rings. The van der Waals surface area contributed by atoms with Gasteiger partial charge in [-0.05, 0) is 25.0 Å². The van der Waals surface area contributed by atoms with E-state index in [0.29, 0.717) is 37.7 Å². The first-order valence-electron chi connectivity index (χ1n) is 9.79. The van der Waals surface area contributed by atoms with Crippen LogP contribution in [0.3, 0.4) is 0 Å². The Balaban J connectivity index is 1.51. The number of anilines is 1. The number of sulfonamides is 1. The number of ether oxygens (including phenoxy) is 1. The molecule has 1 saturated heterocycles. The highest BCUT2D eigenvalue weighted by atomic mass is 32.2. The summed E-state index contributed by atoms with van der Waals surface area (Å²) in [6.45, 7) is 1.98. The largest absolute Gasteiger partial charge is 0.490 e. The molecule has 1 aliphatic carbocycles. The number of fused-ring (bicyclic) bond motifs is 2. The van der Waals surface area contributed by atoms with E-state index in [0.717, 1.165) is 32.1 Å². The number of hydrogen-bond donors (Lipinski definition) is 1. The fourth-order valence-electron chi connectivity index (χ4n) is 4.29. The third-order valence-electron chi connectivity index (χ3n) is 5.84. The van der Waals surface area contributed by atoms with Gasteiger partial charge in [0.1, 0.15) is 12.4 Å². The van der Waals surface area contributed by atoms with Crippen molar-refractivity contribution in [1.82, 2.24) is 9.21 Å². The van der Waals surface area contributed by atoms with Crippen LogP contribution in [0.15, 0.2) is 24.3 Å². The number of rotatable bonds is 2. The molecule has 27 heavy (non-hydrogen) atoms. The van der Waals surface area contributed by atoms with Gasteiger partial charge in [0.2, 0.25) is 15.9 Å². The predicted molar refractivity (Wildman–Crippen MR) is 103 cm³/mol. The molecule has 1 aromatic carbocycles. The van der Waals surface area contributed by atoms with Crippen molar-refractivity contribution < 1.29 is 17.9 Å². The van der Waals surface area contributed by atoms with Crippen molar-refractivity contribution in [3.05, 3.63) is 24.3 Å². The fraction of sp³-hybridized carbons (Fsp3) is 0.632.